The van der Waals surface area contributed by atoms with Gasteiger partial charge in [0.05, 0.1) is 5.69 Å². The number of anilines is 1. The average molecular weight is 499 g/mol. The molecule has 1 aliphatic heterocycles. The molecule has 0 amide bonds. The van der Waals surface area contributed by atoms with Crippen LogP contribution in [0.15, 0.2) is 66.7 Å². The van der Waals surface area contributed by atoms with Crippen LogP contribution in [0.1, 0.15) is 37.5 Å². The number of nitrogens with zero attached hydrogens (tertiary/aromatic N) is 4. The Labute approximate surface area is 215 Å². The number of hydrogen-bond acceptors (Lipinski definition) is 7. The zero-order chi connectivity index (χ0) is 26.2. The van der Waals surface area contributed by atoms with Gasteiger partial charge in [0.2, 0.25) is 0 Å². The maximum atomic E-state index is 13.1. The van der Waals surface area contributed by atoms with Crippen LogP contribution in [-0.2, 0) is 31.3 Å². The topological polar surface area (TPSA) is 86.5 Å². The molecule has 1 aliphatic rings. The first-order valence-electron chi connectivity index (χ1n) is 12.5. The van der Waals surface area contributed by atoms with Crippen LogP contribution in [0.3, 0.4) is 0 Å². The van der Waals surface area contributed by atoms with Crippen molar-refractivity contribution >= 4 is 28.7 Å². The quantitative estimate of drug-likeness (QED) is 0.269. The highest BCUT2D eigenvalue weighted by atomic mass is 16.7. The molecule has 0 unspecified atom stereocenters. The van der Waals surface area contributed by atoms with E-state index in [1.54, 1.807) is 11.7 Å². The summed E-state index contributed by atoms with van der Waals surface area (Å²) in [6.45, 7) is 9.50. The summed E-state index contributed by atoms with van der Waals surface area (Å²) in [5.41, 5.74) is 5.74. The second kappa shape index (κ2) is 9.69. The number of ether oxygens (including phenoxy) is 2. The molecule has 1 aromatic heterocycles. The largest absolute Gasteiger partial charge is 0.418 e. The predicted octanol–water partition coefficient (Wildman–Crippen LogP) is 4.71. The van der Waals surface area contributed by atoms with Crippen LogP contribution in [0.4, 0.5) is 5.69 Å². The van der Waals surface area contributed by atoms with Gasteiger partial charge in [-0.1, -0.05) is 18.2 Å². The van der Waals surface area contributed by atoms with Crippen LogP contribution in [0.25, 0.3) is 16.7 Å². The maximum absolute atomic E-state index is 13.1. The van der Waals surface area contributed by atoms with Crippen molar-refractivity contribution in [2.24, 2.45) is 5.92 Å². The minimum absolute atomic E-state index is 0.157. The molecule has 3 aromatic carbocycles. The van der Waals surface area contributed by atoms with Gasteiger partial charge in [-0.25, -0.2) is 0 Å². The van der Waals surface area contributed by atoms with Gasteiger partial charge in [0.1, 0.15) is 11.0 Å². The Morgan fingerprint density at radius 2 is 1.49 bits per heavy atom. The number of esters is 2. The molecule has 0 N–H and O–H groups in total. The van der Waals surface area contributed by atoms with Crippen LogP contribution >= 0.6 is 0 Å². The van der Waals surface area contributed by atoms with Crippen molar-refractivity contribution in [1.82, 2.24) is 15.0 Å². The van der Waals surface area contributed by atoms with Gasteiger partial charge in [-0.2, -0.15) is 4.80 Å². The van der Waals surface area contributed by atoms with Gasteiger partial charge in [0.25, 0.3) is 5.79 Å². The van der Waals surface area contributed by atoms with E-state index in [0.29, 0.717) is 5.56 Å². The minimum atomic E-state index is -1.47. The van der Waals surface area contributed by atoms with Crippen LogP contribution in [0.5, 0.6) is 0 Å². The molecule has 0 spiro atoms. The monoisotopic (exact) mass is 498 g/mol. The van der Waals surface area contributed by atoms with Crippen molar-refractivity contribution in [3.63, 3.8) is 0 Å². The molecule has 2 heterocycles. The van der Waals surface area contributed by atoms with Crippen molar-refractivity contribution in [3.8, 4) is 5.69 Å². The number of aryl methyl sites for hydroxylation is 1. The molecule has 190 valence electrons. The molecule has 1 fully saturated rings. The first-order valence-corrected chi connectivity index (χ1v) is 12.5. The fraction of sp³-hybridized carbons (Fsp3) is 0.310. The lowest BCUT2D eigenvalue weighted by atomic mass is 9.95. The van der Waals surface area contributed by atoms with Gasteiger partial charge in [-0.3, -0.25) is 9.59 Å². The Balaban J connectivity index is 1.35. The summed E-state index contributed by atoms with van der Waals surface area (Å²) in [5, 5.41) is 9.08. The summed E-state index contributed by atoms with van der Waals surface area (Å²) in [7, 11) is 0. The zero-order valence-electron chi connectivity index (χ0n) is 21.5. The fourth-order valence-corrected chi connectivity index (χ4v) is 4.78. The van der Waals surface area contributed by atoms with Crippen molar-refractivity contribution in [2.75, 3.05) is 18.0 Å². The van der Waals surface area contributed by atoms with Gasteiger partial charge in [-0.05, 0) is 86.8 Å². The van der Waals surface area contributed by atoms with Gasteiger partial charge < -0.3 is 14.4 Å². The summed E-state index contributed by atoms with van der Waals surface area (Å²) >= 11 is 0. The maximum Gasteiger partial charge on any atom is 0.324 e. The number of aromatic nitrogens is 3. The summed E-state index contributed by atoms with van der Waals surface area (Å²) in [4.78, 5) is 29.9. The average Bonchev–Trinajstić information content (AvgIpc) is 3.32. The Hall–Kier alpha value is -4.20. The van der Waals surface area contributed by atoms with E-state index < -0.39 is 23.6 Å². The van der Waals surface area contributed by atoms with E-state index in [1.807, 2.05) is 73.7 Å². The number of carbonyl (C=O) groups excluding carboxylic acids is 2. The number of fused-ring (bicyclic) bond motifs is 1. The molecular formula is C29H30N4O4. The lowest BCUT2D eigenvalue weighted by Gasteiger charge is -2.36. The highest BCUT2D eigenvalue weighted by Gasteiger charge is 2.47. The van der Waals surface area contributed by atoms with E-state index in [9.17, 15) is 9.59 Å². The molecule has 5 rings (SSSR count). The Kier molecular flexibility index (Phi) is 6.41. The highest BCUT2D eigenvalue weighted by Crippen LogP contribution is 2.35. The van der Waals surface area contributed by atoms with Gasteiger partial charge >= 0.3 is 11.9 Å². The number of hydrogen-bond donors (Lipinski definition) is 0. The molecular weight excluding hydrogens is 468 g/mol. The molecule has 0 bridgehead atoms. The molecule has 0 saturated carbocycles. The lowest BCUT2D eigenvalue weighted by molar-refractivity contribution is -0.251. The molecule has 4 aromatic rings. The predicted molar refractivity (Wildman–Crippen MR) is 140 cm³/mol. The molecule has 8 heteroatoms. The molecule has 1 saturated heterocycles. The van der Waals surface area contributed by atoms with E-state index in [2.05, 4.69) is 28.9 Å². The van der Waals surface area contributed by atoms with Crippen LogP contribution < -0.4 is 4.90 Å². The number of benzene rings is 3. The van der Waals surface area contributed by atoms with Gasteiger partial charge in [0, 0.05) is 31.3 Å². The molecule has 0 radical (unpaired) electrons. The summed E-state index contributed by atoms with van der Waals surface area (Å²) in [5.74, 6) is -3.72. The SMILES string of the molecule is CCN(CC)c1ccc(C2(C)OC(=O)C(Cc3cc(C)cc(-n4nc5ccccc5n4)c3)C(=O)O2)cc1. The zero-order valence-corrected chi connectivity index (χ0v) is 21.5. The van der Waals surface area contributed by atoms with E-state index >= 15 is 0 Å². The molecule has 37 heavy (non-hydrogen) atoms. The van der Waals surface area contributed by atoms with Crippen molar-refractivity contribution in [1.29, 1.82) is 0 Å². The smallest absolute Gasteiger partial charge is 0.324 e. The van der Waals surface area contributed by atoms with Crippen molar-refractivity contribution < 1.29 is 19.1 Å². The van der Waals surface area contributed by atoms with E-state index in [0.717, 1.165) is 46.6 Å². The van der Waals surface area contributed by atoms with Crippen LogP contribution in [-0.4, -0.2) is 40.0 Å². The number of carbonyl (C=O) groups is 2. The first-order chi connectivity index (χ1) is 17.8. The van der Waals surface area contributed by atoms with E-state index in [4.69, 9.17) is 9.47 Å². The standard InChI is InChI=1S/C29H30N4O4/c1-5-32(6-2)22-13-11-21(12-14-22)29(4)36-27(34)24(28(35)37-29)18-20-15-19(3)16-23(17-20)33-30-25-9-7-8-10-26(25)31-33/h7-17,24H,5-6,18H2,1-4H3. The summed E-state index contributed by atoms with van der Waals surface area (Å²) in [6.07, 6.45) is 0.157. The third kappa shape index (κ3) is 4.79. The van der Waals surface area contributed by atoms with Gasteiger partial charge in [-0.15, -0.1) is 10.2 Å². The normalized spacial score (nSPS) is 19.5. The summed E-state index contributed by atoms with van der Waals surface area (Å²) in [6, 6.07) is 21.0. The van der Waals surface area contributed by atoms with Crippen molar-refractivity contribution in [2.45, 2.75) is 39.9 Å². The van der Waals surface area contributed by atoms with E-state index in [-0.39, 0.29) is 6.42 Å². The second-order valence-corrected chi connectivity index (χ2v) is 9.42. The minimum Gasteiger partial charge on any atom is -0.418 e. The third-order valence-corrected chi connectivity index (χ3v) is 6.76. The van der Waals surface area contributed by atoms with Crippen molar-refractivity contribution in [3.05, 3.63) is 83.4 Å². The number of rotatable bonds is 7. The Bertz CT molecular complexity index is 1410. The van der Waals surface area contributed by atoms with Gasteiger partial charge in [0.15, 0.2) is 5.92 Å². The molecule has 0 aliphatic carbocycles. The number of cyclic esters (lactones) is 2. The van der Waals surface area contributed by atoms with E-state index in [1.165, 1.54) is 0 Å². The van der Waals surface area contributed by atoms with Crippen LogP contribution in [0, 0.1) is 12.8 Å². The third-order valence-electron chi connectivity index (χ3n) is 6.76. The molecule has 0 atom stereocenters. The Morgan fingerprint density at radius 3 is 2.05 bits per heavy atom. The lowest BCUT2D eigenvalue weighted by Crippen LogP contribution is -2.47. The Morgan fingerprint density at radius 1 is 0.892 bits per heavy atom. The highest BCUT2D eigenvalue weighted by molar-refractivity contribution is 5.97. The molecule has 8 nitrogen and oxygen atoms in total. The summed E-state index contributed by atoms with van der Waals surface area (Å²) < 4.78 is 11.5. The first kappa shape index (κ1) is 24.5. The fourth-order valence-electron chi connectivity index (χ4n) is 4.78. The second-order valence-electron chi connectivity index (χ2n) is 9.42. The van der Waals surface area contributed by atoms with Crippen LogP contribution in [0.2, 0.25) is 0 Å².